The van der Waals surface area contributed by atoms with Gasteiger partial charge in [0.1, 0.15) is 6.04 Å². The number of hydrogen-bond donors (Lipinski definition) is 2. The molecular formula is C6H7BrN2O2S. The lowest BCUT2D eigenvalue weighted by Gasteiger charge is -2.01. The van der Waals surface area contributed by atoms with Crippen LogP contribution in [0.25, 0.3) is 0 Å². The van der Waals surface area contributed by atoms with Crippen molar-refractivity contribution in [3.8, 4) is 0 Å². The summed E-state index contributed by atoms with van der Waals surface area (Å²) in [6, 6.07) is -0.858. The molecule has 1 rings (SSSR count). The molecular weight excluding hydrogens is 244 g/mol. The Morgan fingerprint density at radius 2 is 2.58 bits per heavy atom. The molecule has 0 aliphatic rings. The second-order valence-electron chi connectivity index (χ2n) is 2.21. The third-order valence-electron chi connectivity index (χ3n) is 1.24. The van der Waals surface area contributed by atoms with Gasteiger partial charge in [0.15, 0.2) is 0 Å². The highest BCUT2D eigenvalue weighted by Gasteiger charge is 2.13. The lowest BCUT2D eigenvalue weighted by molar-refractivity contribution is -0.138. The zero-order valence-electron chi connectivity index (χ0n) is 6.03. The smallest absolute Gasteiger partial charge is 0.320 e. The topological polar surface area (TPSA) is 76.2 Å². The number of aliphatic carboxylic acids is 1. The van der Waals surface area contributed by atoms with E-state index in [9.17, 15) is 4.79 Å². The first kappa shape index (κ1) is 9.63. The molecule has 0 spiro atoms. The minimum Gasteiger partial charge on any atom is -0.480 e. The van der Waals surface area contributed by atoms with Gasteiger partial charge in [0.25, 0.3) is 0 Å². The van der Waals surface area contributed by atoms with Crippen molar-refractivity contribution in [1.82, 2.24) is 4.98 Å². The number of nitrogens with zero attached hydrogens (tertiary/aromatic N) is 1. The molecule has 1 aromatic rings. The van der Waals surface area contributed by atoms with E-state index >= 15 is 0 Å². The summed E-state index contributed by atoms with van der Waals surface area (Å²) in [7, 11) is 0. The van der Waals surface area contributed by atoms with Crippen molar-refractivity contribution >= 4 is 33.2 Å². The van der Waals surface area contributed by atoms with Crippen LogP contribution in [0.1, 0.15) is 5.01 Å². The zero-order valence-corrected chi connectivity index (χ0v) is 8.43. The molecule has 0 saturated carbocycles. The molecule has 0 bridgehead atoms. The Hall–Kier alpha value is -0.460. The fourth-order valence-corrected chi connectivity index (χ4v) is 2.02. The van der Waals surface area contributed by atoms with E-state index in [1.807, 2.05) is 0 Å². The number of nitrogens with two attached hydrogens (primary N) is 1. The van der Waals surface area contributed by atoms with Crippen molar-refractivity contribution in [1.29, 1.82) is 0 Å². The first-order valence-corrected chi connectivity index (χ1v) is 4.79. The Balaban J connectivity index is 2.58. The molecule has 3 N–H and O–H groups in total. The van der Waals surface area contributed by atoms with Gasteiger partial charge in [-0.1, -0.05) is 0 Å². The molecule has 0 aliphatic heterocycles. The van der Waals surface area contributed by atoms with E-state index < -0.39 is 12.0 Å². The van der Waals surface area contributed by atoms with Crippen LogP contribution in [0.2, 0.25) is 0 Å². The Morgan fingerprint density at radius 1 is 1.92 bits per heavy atom. The Kier molecular flexibility index (Phi) is 3.19. The lowest BCUT2D eigenvalue weighted by Crippen LogP contribution is -2.32. The molecule has 0 fully saturated rings. The van der Waals surface area contributed by atoms with Crippen LogP contribution in [-0.4, -0.2) is 22.1 Å². The van der Waals surface area contributed by atoms with Crippen molar-refractivity contribution in [3.63, 3.8) is 0 Å². The number of carbonyl (C=O) groups is 1. The van der Waals surface area contributed by atoms with E-state index in [2.05, 4.69) is 20.9 Å². The van der Waals surface area contributed by atoms with Crippen molar-refractivity contribution in [3.05, 3.63) is 15.0 Å². The predicted octanol–water partition coefficient (Wildman–Crippen LogP) is 0.860. The molecule has 0 unspecified atom stereocenters. The molecule has 1 atom stereocenters. The molecule has 6 heteroatoms. The summed E-state index contributed by atoms with van der Waals surface area (Å²) in [5.41, 5.74) is 5.31. The summed E-state index contributed by atoms with van der Waals surface area (Å²) in [4.78, 5) is 14.3. The Labute approximate surface area is 81.5 Å². The third kappa shape index (κ3) is 2.54. The molecule has 1 aromatic heterocycles. The first-order valence-electron chi connectivity index (χ1n) is 3.18. The zero-order chi connectivity index (χ0) is 9.14. The molecule has 0 aromatic carbocycles. The van der Waals surface area contributed by atoms with Crippen molar-refractivity contribution in [2.75, 3.05) is 0 Å². The van der Waals surface area contributed by atoms with E-state index in [1.165, 1.54) is 11.3 Å². The SMILES string of the molecule is N[C@H](Cc1ncc(Br)s1)C(=O)O. The average molecular weight is 251 g/mol. The highest BCUT2D eigenvalue weighted by molar-refractivity contribution is 9.11. The number of halogens is 1. The number of hydrogen-bond acceptors (Lipinski definition) is 4. The summed E-state index contributed by atoms with van der Waals surface area (Å²) >= 11 is 4.62. The van der Waals surface area contributed by atoms with Crippen molar-refractivity contribution in [2.45, 2.75) is 12.5 Å². The Bertz CT molecular complexity index is 289. The largest absolute Gasteiger partial charge is 0.480 e. The van der Waals surface area contributed by atoms with Gasteiger partial charge in [-0.15, -0.1) is 11.3 Å². The minimum absolute atomic E-state index is 0.283. The van der Waals surface area contributed by atoms with Gasteiger partial charge in [0, 0.05) is 6.42 Å². The normalized spacial score (nSPS) is 12.8. The van der Waals surface area contributed by atoms with E-state index in [0.717, 1.165) is 8.79 Å². The fourth-order valence-electron chi connectivity index (χ4n) is 0.658. The van der Waals surface area contributed by atoms with Crippen LogP contribution in [0.3, 0.4) is 0 Å². The van der Waals surface area contributed by atoms with Crippen molar-refractivity contribution < 1.29 is 9.90 Å². The van der Waals surface area contributed by atoms with Gasteiger partial charge >= 0.3 is 5.97 Å². The van der Waals surface area contributed by atoms with Crippen LogP contribution in [0.5, 0.6) is 0 Å². The lowest BCUT2D eigenvalue weighted by atomic mass is 10.2. The van der Waals surface area contributed by atoms with E-state index in [4.69, 9.17) is 10.8 Å². The molecule has 0 aliphatic carbocycles. The molecule has 12 heavy (non-hydrogen) atoms. The maximum Gasteiger partial charge on any atom is 0.320 e. The number of rotatable bonds is 3. The number of thiazole rings is 1. The summed E-state index contributed by atoms with van der Waals surface area (Å²) in [6.07, 6.45) is 1.92. The maximum atomic E-state index is 10.4. The molecule has 1 heterocycles. The molecule has 66 valence electrons. The molecule has 0 saturated heterocycles. The molecule has 4 nitrogen and oxygen atoms in total. The van der Waals surface area contributed by atoms with Crippen LogP contribution >= 0.6 is 27.3 Å². The van der Waals surface area contributed by atoms with Gasteiger partial charge < -0.3 is 10.8 Å². The van der Waals surface area contributed by atoms with E-state index in [-0.39, 0.29) is 6.42 Å². The summed E-state index contributed by atoms with van der Waals surface area (Å²) in [5, 5.41) is 9.22. The van der Waals surface area contributed by atoms with E-state index in [0.29, 0.717) is 0 Å². The van der Waals surface area contributed by atoms with Crippen LogP contribution in [-0.2, 0) is 11.2 Å². The van der Waals surface area contributed by atoms with Crippen molar-refractivity contribution in [2.24, 2.45) is 5.73 Å². The van der Waals surface area contributed by atoms with Gasteiger partial charge in [-0.25, -0.2) is 4.98 Å². The summed E-state index contributed by atoms with van der Waals surface area (Å²) in [6.45, 7) is 0. The van der Waals surface area contributed by atoms with Gasteiger partial charge in [-0.2, -0.15) is 0 Å². The predicted molar refractivity (Wildman–Crippen MR) is 49.1 cm³/mol. The quantitative estimate of drug-likeness (QED) is 0.835. The fraction of sp³-hybridized carbons (Fsp3) is 0.333. The number of carboxylic acid groups (broad SMARTS) is 1. The third-order valence-corrected chi connectivity index (χ3v) is 2.74. The Morgan fingerprint density at radius 3 is 3.00 bits per heavy atom. The molecule has 0 radical (unpaired) electrons. The number of carboxylic acids is 1. The average Bonchev–Trinajstić information content (AvgIpc) is 2.35. The van der Waals surface area contributed by atoms with E-state index in [1.54, 1.807) is 6.20 Å². The molecule has 0 amide bonds. The summed E-state index contributed by atoms with van der Waals surface area (Å²) in [5.74, 6) is -0.999. The standard InChI is InChI=1S/C6H7BrN2O2S/c7-4-2-9-5(12-4)1-3(8)6(10)11/h2-3H,1,8H2,(H,10,11)/t3-/m1/s1. The first-order chi connectivity index (χ1) is 5.59. The van der Waals surface area contributed by atoms with Gasteiger partial charge in [0.05, 0.1) is 15.0 Å². The van der Waals surface area contributed by atoms with Gasteiger partial charge in [0.2, 0.25) is 0 Å². The van der Waals surface area contributed by atoms with Crippen LogP contribution in [0, 0.1) is 0 Å². The highest BCUT2D eigenvalue weighted by atomic mass is 79.9. The van der Waals surface area contributed by atoms with Crippen LogP contribution in [0.4, 0.5) is 0 Å². The summed E-state index contributed by atoms with van der Waals surface area (Å²) < 4.78 is 0.884. The minimum atomic E-state index is -0.999. The van der Waals surface area contributed by atoms with Crippen LogP contribution in [0.15, 0.2) is 9.98 Å². The van der Waals surface area contributed by atoms with Crippen LogP contribution < -0.4 is 5.73 Å². The number of aromatic nitrogens is 1. The van der Waals surface area contributed by atoms with Gasteiger partial charge in [-0.3, -0.25) is 4.79 Å². The monoisotopic (exact) mass is 250 g/mol. The second-order valence-corrected chi connectivity index (χ2v) is 4.70. The highest BCUT2D eigenvalue weighted by Crippen LogP contribution is 2.19. The second kappa shape index (κ2) is 3.97. The maximum absolute atomic E-state index is 10.4. The van der Waals surface area contributed by atoms with Gasteiger partial charge in [-0.05, 0) is 15.9 Å².